The number of aromatic nitrogens is 2. The molecule has 6 heteroatoms. The molecule has 0 aliphatic heterocycles. The van der Waals surface area contributed by atoms with E-state index in [0.29, 0.717) is 10.5 Å². The number of carbonyl (C=O) groups is 1. The summed E-state index contributed by atoms with van der Waals surface area (Å²) in [5.41, 5.74) is 4.17. The first-order chi connectivity index (χ1) is 12.3. The van der Waals surface area contributed by atoms with Crippen LogP contribution in [0.5, 0.6) is 0 Å². The number of aromatic amines is 1. The predicted octanol–water partition coefficient (Wildman–Crippen LogP) is 4.58. The van der Waals surface area contributed by atoms with Gasteiger partial charge in [-0.1, -0.05) is 20.8 Å². The minimum Gasteiger partial charge on any atom is -0.481 e. The fourth-order valence-corrected chi connectivity index (χ4v) is 3.48. The number of pyridine rings is 1. The smallest absolute Gasteiger partial charge is 0.313 e. The molecule has 2 N–H and O–H groups in total. The van der Waals surface area contributed by atoms with Gasteiger partial charge in [0.25, 0.3) is 0 Å². The number of H-pyrrole nitrogens is 1. The maximum absolute atomic E-state index is 10.8. The zero-order valence-corrected chi connectivity index (χ0v) is 15.6. The number of fused-ring (bicyclic) bond motifs is 1. The predicted molar refractivity (Wildman–Crippen MR) is 103 cm³/mol. The molecule has 0 spiro atoms. The van der Waals surface area contributed by atoms with Crippen molar-refractivity contribution in [2.75, 3.05) is 5.75 Å². The number of rotatable bonds is 4. The van der Waals surface area contributed by atoms with Crippen LogP contribution in [0.3, 0.4) is 0 Å². The van der Waals surface area contributed by atoms with E-state index >= 15 is 0 Å². The van der Waals surface area contributed by atoms with Gasteiger partial charge in [0.2, 0.25) is 0 Å². The van der Waals surface area contributed by atoms with E-state index in [2.05, 4.69) is 42.9 Å². The van der Waals surface area contributed by atoms with Gasteiger partial charge in [0, 0.05) is 22.0 Å². The molecule has 0 aliphatic carbocycles. The van der Waals surface area contributed by atoms with Crippen LogP contribution in [-0.4, -0.2) is 26.8 Å². The molecule has 5 nitrogen and oxygen atoms in total. The first-order valence-electron chi connectivity index (χ1n) is 8.17. The summed E-state index contributed by atoms with van der Waals surface area (Å²) < 4.78 is 0. The Balaban J connectivity index is 2.07. The van der Waals surface area contributed by atoms with Crippen LogP contribution < -0.4 is 0 Å². The summed E-state index contributed by atoms with van der Waals surface area (Å²) in [4.78, 5) is 19.3. The van der Waals surface area contributed by atoms with Gasteiger partial charge < -0.3 is 10.1 Å². The summed E-state index contributed by atoms with van der Waals surface area (Å²) in [6.07, 6.45) is 1.79. The monoisotopic (exact) mass is 365 g/mol. The van der Waals surface area contributed by atoms with E-state index in [1.54, 1.807) is 12.3 Å². The average molecular weight is 365 g/mol. The molecule has 0 saturated heterocycles. The summed E-state index contributed by atoms with van der Waals surface area (Å²) in [5, 5.41) is 19.2. The second kappa shape index (κ2) is 6.85. The maximum atomic E-state index is 10.8. The zero-order chi connectivity index (χ0) is 18.9. The van der Waals surface area contributed by atoms with Crippen molar-refractivity contribution in [2.24, 2.45) is 0 Å². The summed E-state index contributed by atoms with van der Waals surface area (Å²) in [5.74, 6) is -0.982. The molecule has 0 unspecified atom stereocenters. The molecule has 0 fully saturated rings. The molecule has 2 aromatic heterocycles. The molecule has 0 aliphatic rings. The average Bonchev–Trinajstić information content (AvgIpc) is 3.03. The number of nitrogens with zero attached hydrogens (tertiary/aromatic N) is 2. The Bertz CT molecular complexity index is 1030. The standard InChI is InChI=1S/C20H19N3O2S/c1-20(2,3)12-6-7-22-16(8-12)17-9-13-14(10-21)18(26-11-19(24)25)5-4-15(13)23-17/h4-9,23H,11H2,1-3H3,(H,24,25). The minimum absolute atomic E-state index is 0.0160. The van der Waals surface area contributed by atoms with Crippen molar-refractivity contribution < 1.29 is 9.90 Å². The number of hydrogen-bond acceptors (Lipinski definition) is 4. The van der Waals surface area contributed by atoms with E-state index in [0.717, 1.165) is 34.1 Å². The second-order valence-electron chi connectivity index (χ2n) is 7.06. The zero-order valence-electron chi connectivity index (χ0n) is 14.8. The fourth-order valence-electron chi connectivity index (χ4n) is 2.74. The molecule has 1 aromatic carbocycles. The van der Waals surface area contributed by atoms with E-state index in [1.807, 2.05) is 18.2 Å². The molecule has 132 valence electrons. The van der Waals surface area contributed by atoms with E-state index in [1.165, 1.54) is 5.56 Å². The number of hydrogen-bond donors (Lipinski definition) is 2. The Morgan fingerprint density at radius 1 is 1.31 bits per heavy atom. The lowest BCUT2D eigenvalue weighted by Gasteiger charge is -2.19. The van der Waals surface area contributed by atoms with Crippen molar-refractivity contribution in [3.63, 3.8) is 0 Å². The Labute approximate surface area is 156 Å². The van der Waals surface area contributed by atoms with Gasteiger partial charge in [0.1, 0.15) is 6.07 Å². The van der Waals surface area contributed by atoms with Crippen molar-refractivity contribution in [1.29, 1.82) is 5.26 Å². The van der Waals surface area contributed by atoms with Crippen LogP contribution in [0.25, 0.3) is 22.3 Å². The van der Waals surface area contributed by atoms with Crippen LogP contribution in [0.15, 0.2) is 41.4 Å². The molecule has 0 saturated carbocycles. The Kier molecular flexibility index (Phi) is 4.75. The van der Waals surface area contributed by atoms with Crippen LogP contribution >= 0.6 is 11.8 Å². The number of nitriles is 1. The third-order valence-corrected chi connectivity index (χ3v) is 5.17. The molecule has 2 heterocycles. The number of benzene rings is 1. The highest BCUT2D eigenvalue weighted by Gasteiger charge is 2.17. The first kappa shape index (κ1) is 18.0. The van der Waals surface area contributed by atoms with Crippen molar-refractivity contribution in [3.05, 3.63) is 47.7 Å². The van der Waals surface area contributed by atoms with Crippen molar-refractivity contribution >= 4 is 28.6 Å². The van der Waals surface area contributed by atoms with E-state index < -0.39 is 5.97 Å². The Hall–Kier alpha value is -2.78. The molecule has 3 rings (SSSR count). The lowest BCUT2D eigenvalue weighted by molar-refractivity contribution is -0.133. The maximum Gasteiger partial charge on any atom is 0.313 e. The van der Waals surface area contributed by atoms with Crippen molar-refractivity contribution in [2.45, 2.75) is 31.1 Å². The van der Waals surface area contributed by atoms with Crippen LogP contribution in [0.2, 0.25) is 0 Å². The third kappa shape index (κ3) is 3.58. The summed E-state index contributed by atoms with van der Waals surface area (Å²) in [7, 11) is 0. The van der Waals surface area contributed by atoms with Gasteiger partial charge in [-0.25, -0.2) is 0 Å². The van der Waals surface area contributed by atoms with Crippen LogP contribution in [0, 0.1) is 11.3 Å². The SMILES string of the molecule is CC(C)(C)c1ccnc(-c2cc3c(C#N)c(SCC(=O)O)ccc3[nH]2)c1. The molecule has 3 aromatic rings. The van der Waals surface area contributed by atoms with Crippen LogP contribution in [-0.2, 0) is 10.2 Å². The van der Waals surface area contributed by atoms with Gasteiger partial charge in [-0.2, -0.15) is 5.26 Å². The summed E-state index contributed by atoms with van der Waals surface area (Å²) >= 11 is 1.15. The van der Waals surface area contributed by atoms with E-state index in [-0.39, 0.29) is 11.2 Å². The third-order valence-electron chi connectivity index (χ3n) is 4.13. The molecule has 0 bridgehead atoms. The number of carboxylic acids is 1. The number of nitrogens with one attached hydrogen (secondary N) is 1. The van der Waals surface area contributed by atoms with Gasteiger partial charge in [-0.3, -0.25) is 9.78 Å². The van der Waals surface area contributed by atoms with Gasteiger partial charge >= 0.3 is 5.97 Å². The first-order valence-corrected chi connectivity index (χ1v) is 9.15. The summed E-state index contributed by atoms with van der Waals surface area (Å²) in [6, 6.07) is 11.8. The highest BCUT2D eigenvalue weighted by molar-refractivity contribution is 8.00. The summed E-state index contributed by atoms with van der Waals surface area (Å²) in [6.45, 7) is 6.45. The van der Waals surface area contributed by atoms with Crippen molar-refractivity contribution in [3.8, 4) is 17.5 Å². The highest BCUT2D eigenvalue weighted by atomic mass is 32.2. The van der Waals surface area contributed by atoms with Crippen molar-refractivity contribution in [1.82, 2.24) is 9.97 Å². The van der Waals surface area contributed by atoms with Gasteiger partial charge in [0.05, 0.1) is 22.7 Å². The second-order valence-corrected chi connectivity index (χ2v) is 8.07. The molecule has 0 amide bonds. The van der Waals surface area contributed by atoms with Crippen LogP contribution in [0.4, 0.5) is 0 Å². The minimum atomic E-state index is -0.906. The lowest BCUT2D eigenvalue weighted by Crippen LogP contribution is -2.11. The topological polar surface area (TPSA) is 89.8 Å². The normalized spacial score (nSPS) is 11.5. The largest absolute Gasteiger partial charge is 0.481 e. The Morgan fingerprint density at radius 2 is 2.08 bits per heavy atom. The van der Waals surface area contributed by atoms with E-state index in [4.69, 9.17) is 5.11 Å². The molecule has 26 heavy (non-hydrogen) atoms. The van der Waals surface area contributed by atoms with Crippen LogP contribution in [0.1, 0.15) is 31.9 Å². The molecular weight excluding hydrogens is 346 g/mol. The molecule has 0 radical (unpaired) electrons. The van der Waals surface area contributed by atoms with Gasteiger partial charge in [0.15, 0.2) is 0 Å². The van der Waals surface area contributed by atoms with E-state index in [9.17, 15) is 10.1 Å². The Morgan fingerprint density at radius 3 is 2.73 bits per heavy atom. The number of aliphatic carboxylic acids is 1. The number of carboxylic acid groups (broad SMARTS) is 1. The highest BCUT2D eigenvalue weighted by Crippen LogP contribution is 2.33. The quantitative estimate of drug-likeness (QED) is 0.661. The van der Waals surface area contributed by atoms with Gasteiger partial charge in [-0.05, 0) is 41.3 Å². The fraction of sp³-hybridized carbons (Fsp3) is 0.250. The lowest BCUT2D eigenvalue weighted by atomic mass is 9.87. The number of thioether (sulfide) groups is 1. The molecular formula is C20H19N3O2S. The van der Waals surface area contributed by atoms with Gasteiger partial charge in [-0.15, -0.1) is 11.8 Å². The molecule has 0 atom stereocenters.